The maximum absolute atomic E-state index is 15.2. The lowest BCUT2D eigenvalue weighted by Crippen LogP contribution is -2.29. The van der Waals surface area contributed by atoms with E-state index in [4.69, 9.17) is 9.72 Å². The van der Waals surface area contributed by atoms with Crippen LogP contribution in [-0.2, 0) is 30.0 Å². The number of pyridine rings is 1. The van der Waals surface area contributed by atoms with Crippen molar-refractivity contribution in [2.45, 2.75) is 44.2 Å². The minimum Gasteiger partial charge on any atom is -0.453 e. The van der Waals surface area contributed by atoms with E-state index in [0.717, 1.165) is 70.8 Å². The summed E-state index contributed by atoms with van der Waals surface area (Å²) in [6.45, 7) is 0.721. The number of halogens is 1. The number of alkyl carbamates (subject to hydrolysis) is 1. The number of nitrogens with zero attached hydrogens (tertiary/aromatic N) is 5. The first-order chi connectivity index (χ1) is 20.4. The maximum atomic E-state index is 15.2. The molecule has 1 aromatic carbocycles. The van der Waals surface area contributed by atoms with E-state index >= 15 is 4.39 Å². The number of carbonyl (C=O) groups is 1. The van der Waals surface area contributed by atoms with Gasteiger partial charge in [0.05, 0.1) is 53.7 Å². The predicted octanol–water partition coefficient (Wildman–Crippen LogP) is 4.75. The van der Waals surface area contributed by atoms with Crippen molar-refractivity contribution in [2.24, 2.45) is 14.1 Å². The number of hydrogen-bond donors (Lipinski definition) is 2. The fourth-order valence-corrected chi connectivity index (χ4v) is 6.42. The molecule has 4 heterocycles. The van der Waals surface area contributed by atoms with E-state index in [1.165, 1.54) is 11.8 Å². The third-order valence-electron chi connectivity index (χ3n) is 8.69. The molecule has 1 saturated carbocycles. The van der Waals surface area contributed by atoms with Crippen molar-refractivity contribution in [3.63, 3.8) is 0 Å². The zero-order valence-corrected chi connectivity index (χ0v) is 23.7. The summed E-state index contributed by atoms with van der Waals surface area (Å²) in [6, 6.07) is 6.36. The molecule has 1 amide bonds. The summed E-state index contributed by atoms with van der Waals surface area (Å²) in [5.74, 6) is -0.582. The van der Waals surface area contributed by atoms with Gasteiger partial charge < -0.3 is 19.8 Å². The number of aryl methyl sites for hydroxylation is 3. The molecule has 7 rings (SSSR count). The Morgan fingerprint density at radius 3 is 2.81 bits per heavy atom. The van der Waals surface area contributed by atoms with Crippen molar-refractivity contribution >= 4 is 28.2 Å². The largest absolute Gasteiger partial charge is 0.453 e. The average molecular weight is 576 g/mol. The Labute approximate surface area is 241 Å². The lowest BCUT2D eigenvalue weighted by atomic mass is 9.92. The first-order valence-corrected chi connectivity index (χ1v) is 14.2. The number of aromatic nitrogens is 6. The Hall–Kier alpha value is -4.45. The number of H-pyrrole nitrogens is 1. The number of amides is 1. The van der Waals surface area contributed by atoms with E-state index in [1.807, 2.05) is 10.6 Å². The van der Waals surface area contributed by atoms with Crippen LogP contribution < -0.4 is 11.0 Å². The Bertz CT molecular complexity index is 1920. The highest BCUT2D eigenvalue weighted by molar-refractivity contribution is 6.14. The molecular weight excluding hydrogens is 541 g/mol. The highest BCUT2D eigenvalue weighted by Crippen LogP contribution is 2.45. The lowest BCUT2D eigenvalue weighted by Gasteiger charge is -2.26. The third-order valence-corrected chi connectivity index (χ3v) is 8.69. The fraction of sp³-hybridized carbons (Fsp3) is 0.400. The number of aromatic amines is 1. The quantitative estimate of drug-likeness (QED) is 0.270. The number of fused-ring (bicyclic) bond motifs is 4. The summed E-state index contributed by atoms with van der Waals surface area (Å²) >= 11 is 0. The van der Waals surface area contributed by atoms with Crippen LogP contribution in [-0.4, -0.2) is 55.2 Å². The maximum Gasteiger partial charge on any atom is 0.406 e. The summed E-state index contributed by atoms with van der Waals surface area (Å²) in [7, 11) is 4.79. The molecule has 0 radical (unpaired) electrons. The summed E-state index contributed by atoms with van der Waals surface area (Å²) in [4.78, 5) is 32.9. The highest BCUT2D eigenvalue weighted by atomic mass is 19.1. The zero-order valence-electron chi connectivity index (χ0n) is 23.7. The van der Waals surface area contributed by atoms with Gasteiger partial charge in [0.25, 0.3) is 0 Å². The van der Waals surface area contributed by atoms with E-state index in [0.29, 0.717) is 30.1 Å². The van der Waals surface area contributed by atoms with Gasteiger partial charge in [0.1, 0.15) is 5.65 Å². The van der Waals surface area contributed by atoms with Crippen molar-refractivity contribution < 1.29 is 20.1 Å². The number of carbonyl (C=O) groups excluding carboxylic acids is 1. The van der Waals surface area contributed by atoms with Crippen LogP contribution in [0.3, 0.4) is 0 Å². The van der Waals surface area contributed by atoms with Gasteiger partial charge in [-0.2, -0.15) is 4.39 Å². The van der Waals surface area contributed by atoms with E-state index in [2.05, 4.69) is 32.3 Å². The van der Waals surface area contributed by atoms with Gasteiger partial charge in [-0.25, -0.2) is 14.6 Å². The van der Waals surface area contributed by atoms with Gasteiger partial charge in [-0.1, -0.05) is 18.2 Å². The first kappa shape index (κ1) is 26.4. The molecule has 0 saturated heterocycles. The molecule has 0 aliphatic heterocycles. The number of methoxy groups -OCH3 is 1. The molecule has 2 N–H and O–H groups in total. The van der Waals surface area contributed by atoms with Crippen LogP contribution in [0.25, 0.3) is 44.5 Å². The molecule has 12 heteroatoms. The molecule has 2 aliphatic carbocycles. The van der Waals surface area contributed by atoms with Gasteiger partial charge in [-0.3, -0.25) is 13.8 Å². The summed E-state index contributed by atoms with van der Waals surface area (Å²) in [5.41, 5.74) is 6.94. The normalized spacial score (nSPS) is 16.7. The molecule has 1 unspecified atom stereocenters. The van der Waals surface area contributed by atoms with Gasteiger partial charge in [-0.05, 0) is 48.8 Å². The van der Waals surface area contributed by atoms with Gasteiger partial charge in [-0.15, -0.1) is 5.10 Å². The van der Waals surface area contributed by atoms with Crippen LogP contribution in [0.4, 0.5) is 9.18 Å². The number of ether oxygens (including phenoxy) is 2. The van der Waals surface area contributed by atoms with Crippen molar-refractivity contribution in [3.05, 3.63) is 58.2 Å². The van der Waals surface area contributed by atoms with Crippen molar-refractivity contribution in [3.8, 4) is 22.4 Å². The third kappa shape index (κ3) is 4.12. The smallest absolute Gasteiger partial charge is 0.406 e. The monoisotopic (exact) mass is 575 g/mol. The second-order valence-electron chi connectivity index (χ2n) is 11.1. The standard InChI is InChI=1S/C30H32FN7O4.H2/c1-36-15-20(27(31)35-36)25-23(17-7-9-19-16(13-17)8-10-22(19)42-12-11-32-29(39)41-3)24-26-21(14-33-28(24)34-25)37(2)30(40)38(26)18-5-4-6-18;/h7,9,13-15,18,22H,4-6,8,10-12H2,1-3H3,(H,32,39)(H,33,34);1H. The molecule has 220 valence electrons. The molecule has 1 fully saturated rings. The molecule has 4 aromatic heterocycles. The van der Waals surface area contributed by atoms with Crippen molar-refractivity contribution in [1.82, 2.24) is 34.2 Å². The number of hydrogen-bond acceptors (Lipinski definition) is 6. The number of benzene rings is 1. The minimum atomic E-state index is -0.582. The van der Waals surface area contributed by atoms with Gasteiger partial charge >= 0.3 is 11.8 Å². The van der Waals surface area contributed by atoms with Crippen LogP contribution in [0.5, 0.6) is 0 Å². The van der Waals surface area contributed by atoms with Crippen LogP contribution in [0.2, 0.25) is 0 Å². The molecule has 5 aromatic rings. The van der Waals surface area contributed by atoms with E-state index in [-0.39, 0.29) is 19.3 Å². The lowest BCUT2D eigenvalue weighted by molar-refractivity contribution is 0.0554. The van der Waals surface area contributed by atoms with Gasteiger partial charge in [0.15, 0.2) is 0 Å². The molecule has 2 aliphatic rings. The minimum absolute atomic E-state index is 0. The average Bonchev–Trinajstić information content (AvgIpc) is 3.69. The van der Waals surface area contributed by atoms with Crippen molar-refractivity contribution in [1.29, 1.82) is 0 Å². The molecular formula is C30H34FN7O4. The van der Waals surface area contributed by atoms with Crippen LogP contribution >= 0.6 is 0 Å². The number of nitrogens with one attached hydrogen (secondary N) is 2. The second kappa shape index (κ2) is 10.1. The fourth-order valence-electron chi connectivity index (χ4n) is 6.42. The Morgan fingerprint density at radius 1 is 1.26 bits per heavy atom. The van der Waals surface area contributed by atoms with Gasteiger partial charge in [0.2, 0.25) is 5.95 Å². The summed E-state index contributed by atoms with van der Waals surface area (Å²) in [5, 5.41) is 7.40. The highest BCUT2D eigenvalue weighted by Gasteiger charge is 2.30. The molecule has 0 spiro atoms. The summed E-state index contributed by atoms with van der Waals surface area (Å²) < 4.78 is 30.9. The van der Waals surface area contributed by atoms with E-state index < -0.39 is 12.0 Å². The topological polar surface area (TPSA) is 121 Å². The molecule has 11 nitrogen and oxygen atoms in total. The second-order valence-corrected chi connectivity index (χ2v) is 11.1. The molecule has 0 bridgehead atoms. The SMILES string of the molecule is COC(=O)NCCOC1CCc2cc(-c3c(-c4cn(C)nc4F)[nH]c4ncc5c(c34)n(C3CCC3)c(=O)n5C)ccc21.[HH]. The van der Waals surface area contributed by atoms with Crippen LogP contribution in [0.1, 0.15) is 50.4 Å². The number of rotatable bonds is 7. The van der Waals surface area contributed by atoms with E-state index in [9.17, 15) is 9.59 Å². The van der Waals surface area contributed by atoms with Crippen LogP contribution in [0.15, 0.2) is 35.4 Å². The Morgan fingerprint density at radius 2 is 2.10 bits per heavy atom. The van der Waals surface area contributed by atoms with Gasteiger partial charge in [0, 0.05) is 39.9 Å². The van der Waals surface area contributed by atoms with Crippen molar-refractivity contribution in [2.75, 3.05) is 20.3 Å². The molecule has 1 atom stereocenters. The summed E-state index contributed by atoms with van der Waals surface area (Å²) in [6.07, 6.45) is 7.42. The van der Waals surface area contributed by atoms with Crippen LogP contribution in [0, 0.1) is 5.95 Å². The number of imidazole rings is 1. The van der Waals surface area contributed by atoms with E-state index in [1.54, 1.807) is 31.1 Å². The molecule has 42 heavy (non-hydrogen) atoms. The zero-order chi connectivity index (χ0) is 29.1. The Kier molecular flexibility index (Phi) is 6.37. The predicted molar refractivity (Wildman–Crippen MR) is 157 cm³/mol. The first-order valence-electron chi connectivity index (χ1n) is 14.2. The Balaban J connectivity index is 0.00000329.